The van der Waals surface area contributed by atoms with Gasteiger partial charge in [0.1, 0.15) is 0 Å². The van der Waals surface area contributed by atoms with Crippen LogP contribution in [-0.2, 0) is 6.42 Å². The Morgan fingerprint density at radius 2 is 1.94 bits per heavy atom. The number of rotatable bonds is 3. The Balaban J connectivity index is 2.17. The number of hydrogen-bond acceptors (Lipinski definition) is 2. The van der Waals surface area contributed by atoms with E-state index in [1.807, 2.05) is 31.2 Å². The van der Waals surface area contributed by atoms with Gasteiger partial charge in [-0.2, -0.15) is 0 Å². The van der Waals surface area contributed by atoms with Gasteiger partial charge in [0.2, 0.25) is 0 Å². The summed E-state index contributed by atoms with van der Waals surface area (Å²) >= 11 is 0. The van der Waals surface area contributed by atoms with Crippen molar-refractivity contribution in [2.75, 3.05) is 0 Å². The molecule has 0 aliphatic carbocycles. The summed E-state index contributed by atoms with van der Waals surface area (Å²) in [5.41, 5.74) is 2.12. The van der Waals surface area contributed by atoms with Gasteiger partial charge in [-0.05, 0) is 18.6 Å². The molecular weight excluding hydrogens is 217 g/mol. The molecule has 0 amide bonds. The number of benzene rings is 1. The van der Waals surface area contributed by atoms with E-state index >= 15 is 0 Å². The maximum Gasteiger partial charge on any atom is 0.170 e. The van der Waals surface area contributed by atoms with Crippen LogP contribution in [0.15, 0.2) is 42.7 Å². The van der Waals surface area contributed by atoms with Crippen LogP contribution in [0.25, 0.3) is 0 Å². The van der Waals surface area contributed by atoms with Crippen LogP contribution in [0.5, 0.6) is 0 Å². The number of hydrogen-bond donors (Lipinski definition) is 0. The Hall–Kier alpha value is -2.03. The van der Waals surface area contributed by atoms with Crippen molar-refractivity contribution >= 4 is 5.78 Å². The predicted octanol–water partition coefficient (Wildman–Crippen LogP) is 2.95. The van der Waals surface area contributed by atoms with E-state index in [0.29, 0.717) is 0 Å². The van der Waals surface area contributed by atoms with Gasteiger partial charge >= 0.3 is 0 Å². The van der Waals surface area contributed by atoms with E-state index in [4.69, 9.17) is 0 Å². The molecule has 0 radical (unpaired) electrons. The number of pyridine rings is 1. The van der Waals surface area contributed by atoms with Crippen molar-refractivity contribution in [3.05, 3.63) is 65.2 Å². The van der Waals surface area contributed by atoms with Crippen LogP contribution >= 0.6 is 0 Å². The smallest absolute Gasteiger partial charge is 0.170 e. The van der Waals surface area contributed by atoms with E-state index in [-0.39, 0.29) is 17.8 Å². The molecular formula is C14H12FNO. The lowest BCUT2D eigenvalue weighted by Gasteiger charge is -2.02. The molecule has 2 aromatic rings. The van der Waals surface area contributed by atoms with Crippen molar-refractivity contribution < 1.29 is 9.18 Å². The van der Waals surface area contributed by atoms with Gasteiger partial charge in [0.25, 0.3) is 0 Å². The van der Waals surface area contributed by atoms with E-state index in [2.05, 4.69) is 4.98 Å². The van der Waals surface area contributed by atoms with Crippen molar-refractivity contribution in [3.8, 4) is 0 Å². The van der Waals surface area contributed by atoms with Crippen LogP contribution in [0.1, 0.15) is 21.5 Å². The normalized spacial score (nSPS) is 10.2. The fourth-order valence-electron chi connectivity index (χ4n) is 1.59. The van der Waals surface area contributed by atoms with Crippen molar-refractivity contribution in [2.24, 2.45) is 0 Å². The molecule has 0 saturated heterocycles. The number of aryl methyl sites for hydroxylation is 1. The second-order valence-corrected chi connectivity index (χ2v) is 3.94. The van der Waals surface area contributed by atoms with E-state index in [0.717, 1.165) is 17.3 Å². The zero-order valence-corrected chi connectivity index (χ0v) is 9.48. The van der Waals surface area contributed by atoms with E-state index in [1.165, 1.54) is 12.3 Å². The topological polar surface area (TPSA) is 30.0 Å². The summed E-state index contributed by atoms with van der Waals surface area (Å²) in [4.78, 5) is 15.5. The molecule has 0 bridgehead atoms. The summed E-state index contributed by atoms with van der Waals surface area (Å²) in [5.74, 6) is -0.793. The number of aromatic nitrogens is 1. The monoisotopic (exact) mass is 229 g/mol. The molecule has 0 aliphatic heterocycles. The second kappa shape index (κ2) is 4.87. The lowest BCUT2D eigenvalue weighted by atomic mass is 10.0. The van der Waals surface area contributed by atoms with Crippen LogP contribution in [0.2, 0.25) is 0 Å². The molecule has 1 aromatic heterocycles. The minimum Gasteiger partial charge on any atom is -0.294 e. The molecule has 1 heterocycles. The third kappa shape index (κ3) is 2.75. The number of Topliss-reactive ketones (excluding diaryl/α,β-unsaturated/α-hetero) is 1. The highest BCUT2D eigenvalue weighted by Gasteiger charge is 2.11. The molecule has 86 valence electrons. The Morgan fingerprint density at radius 1 is 1.24 bits per heavy atom. The summed E-state index contributed by atoms with van der Waals surface area (Å²) in [6.45, 7) is 1.98. The molecule has 1 aromatic carbocycles. The average Bonchev–Trinajstić information content (AvgIpc) is 2.32. The SMILES string of the molecule is Cc1ccc(CC(=O)c2ccncc2F)cc1. The molecule has 3 heteroatoms. The zero-order valence-electron chi connectivity index (χ0n) is 9.48. The lowest BCUT2D eigenvalue weighted by molar-refractivity contribution is 0.0989. The molecule has 2 nitrogen and oxygen atoms in total. The lowest BCUT2D eigenvalue weighted by Crippen LogP contribution is -2.06. The number of carbonyl (C=O) groups is 1. The molecule has 0 unspecified atom stereocenters. The summed E-state index contributed by atoms with van der Waals surface area (Å²) in [7, 11) is 0. The van der Waals surface area contributed by atoms with Gasteiger partial charge in [-0.25, -0.2) is 4.39 Å². The summed E-state index contributed by atoms with van der Waals surface area (Å²) in [5, 5.41) is 0. The predicted molar refractivity (Wildman–Crippen MR) is 63.4 cm³/mol. The maximum atomic E-state index is 13.3. The summed E-state index contributed by atoms with van der Waals surface area (Å²) in [6.07, 6.45) is 2.69. The summed E-state index contributed by atoms with van der Waals surface area (Å²) in [6, 6.07) is 9.04. The standard InChI is InChI=1S/C14H12FNO/c1-10-2-4-11(5-3-10)8-14(17)12-6-7-16-9-13(12)15/h2-7,9H,8H2,1H3. The van der Waals surface area contributed by atoms with Crippen LogP contribution < -0.4 is 0 Å². The molecule has 0 spiro atoms. The van der Waals surface area contributed by atoms with E-state index < -0.39 is 5.82 Å². The second-order valence-electron chi connectivity index (χ2n) is 3.94. The van der Waals surface area contributed by atoms with Crippen molar-refractivity contribution in [1.82, 2.24) is 4.98 Å². The fraction of sp³-hybridized carbons (Fsp3) is 0.143. The number of ketones is 1. The van der Waals surface area contributed by atoms with Gasteiger partial charge in [0.05, 0.1) is 11.8 Å². The maximum absolute atomic E-state index is 13.3. The van der Waals surface area contributed by atoms with Crippen LogP contribution in [0, 0.1) is 12.7 Å². The van der Waals surface area contributed by atoms with Gasteiger partial charge in [-0.3, -0.25) is 9.78 Å². The minimum absolute atomic E-state index is 0.0978. The van der Waals surface area contributed by atoms with Gasteiger partial charge in [0, 0.05) is 12.6 Å². The fourth-order valence-corrected chi connectivity index (χ4v) is 1.59. The average molecular weight is 229 g/mol. The van der Waals surface area contributed by atoms with Crippen LogP contribution in [-0.4, -0.2) is 10.8 Å². The molecule has 0 fully saturated rings. The first-order chi connectivity index (χ1) is 8.16. The largest absolute Gasteiger partial charge is 0.294 e. The Bertz CT molecular complexity index is 534. The minimum atomic E-state index is -0.565. The highest BCUT2D eigenvalue weighted by molar-refractivity contribution is 5.97. The quantitative estimate of drug-likeness (QED) is 0.757. The number of halogens is 1. The first kappa shape index (κ1) is 11.5. The van der Waals surface area contributed by atoms with Gasteiger partial charge in [-0.15, -0.1) is 0 Å². The Labute approximate surface area is 99.1 Å². The molecule has 0 atom stereocenters. The highest BCUT2D eigenvalue weighted by atomic mass is 19.1. The Morgan fingerprint density at radius 3 is 2.59 bits per heavy atom. The highest BCUT2D eigenvalue weighted by Crippen LogP contribution is 2.11. The Kier molecular flexibility index (Phi) is 3.28. The van der Waals surface area contributed by atoms with Gasteiger partial charge in [0.15, 0.2) is 11.6 Å². The van der Waals surface area contributed by atoms with Crippen LogP contribution in [0.4, 0.5) is 4.39 Å². The molecule has 17 heavy (non-hydrogen) atoms. The zero-order chi connectivity index (χ0) is 12.3. The third-order valence-corrected chi connectivity index (χ3v) is 2.56. The number of carbonyl (C=O) groups excluding carboxylic acids is 1. The first-order valence-electron chi connectivity index (χ1n) is 5.35. The molecule has 0 saturated carbocycles. The molecule has 0 aliphatic rings. The molecule has 2 rings (SSSR count). The van der Waals surface area contributed by atoms with Crippen molar-refractivity contribution in [2.45, 2.75) is 13.3 Å². The van der Waals surface area contributed by atoms with Crippen LogP contribution in [0.3, 0.4) is 0 Å². The van der Waals surface area contributed by atoms with E-state index in [9.17, 15) is 9.18 Å². The van der Waals surface area contributed by atoms with E-state index in [1.54, 1.807) is 0 Å². The van der Waals surface area contributed by atoms with Crippen molar-refractivity contribution in [1.29, 1.82) is 0 Å². The number of nitrogens with zero attached hydrogens (tertiary/aromatic N) is 1. The third-order valence-electron chi connectivity index (χ3n) is 2.56. The van der Waals surface area contributed by atoms with Gasteiger partial charge < -0.3 is 0 Å². The molecule has 0 N–H and O–H groups in total. The summed E-state index contributed by atoms with van der Waals surface area (Å²) < 4.78 is 13.3. The van der Waals surface area contributed by atoms with Gasteiger partial charge in [-0.1, -0.05) is 29.8 Å². The first-order valence-corrected chi connectivity index (χ1v) is 5.35. The van der Waals surface area contributed by atoms with Crippen molar-refractivity contribution in [3.63, 3.8) is 0 Å².